The van der Waals surface area contributed by atoms with E-state index in [4.69, 9.17) is 14.9 Å². The first-order chi connectivity index (χ1) is 5.65. The van der Waals surface area contributed by atoms with Gasteiger partial charge >= 0.3 is 0 Å². The summed E-state index contributed by atoms with van der Waals surface area (Å²) in [6, 6.07) is 0. The smallest absolute Gasteiger partial charge is 0.157 e. The van der Waals surface area contributed by atoms with Crippen molar-refractivity contribution in [3.8, 4) is 0 Å². The van der Waals surface area contributed by atoms with Crippen molar-refractivity contribution in [3.63, 3.8) is 0 Å². The second-order valence-electron chi connectivity index (χ2n) is 2.73. The Hall–Kier alpha value is -0.560. The van der Waals surface area contributed by atoms with Crippen LogP contribution in [0.15, 0.2) is 5.18 Å². The minimum atomic E-state index is -1.15. The Balaban J connectivity index is 2.53. The lowest BCUT2D eigenvalue weighted by Crippen LogP contribution is -2.49. The van der Waals surface area contributed by atoms with Gasteiger partial charge in [0.15, 0.2) is 6.29 Å². The minimum Gasteiger partial charge on any atom is -0.390 e. The first kappa shape index (κ1) is 9.53. The summed E-state index contributed by atoms with van der Waals surface area (Å²) in [6.45, 7) is -0.269. The molecule has 4 atom stereocenters. The average Bonchev–Trinajstić information content (AvgIpc) is 2.00. The summed E-state index contributed by atoms with van der Waals surface area (Å²) in [6.07, 6.45) is -4.28. The number of hydrogen-bond donors (Lipinski definition) is 3. The van der Waals surface area contributed by atoms with E-state index >= 15 is 0 Å². The highest BCUT2D eigenvalue weighted by Gasteiger charge is 2.35. The molecule has 1 aliphatic rings. The fourth-order valence-electron chi connectivity index (χ4n) is 1.16. The first-order valence-electron chi connectivity index (χ1n) is 3.64. The molecule has 1 fully saturated rings. The van der Waals surface area contributed by atoms with Crippen LogP contribution in [-0.2, 0) is 4.74 Å². The van der Waals surface area contributed by atoms with Crippen molar-refractivity contribution in [1.82, 2.24) is 0 Å². The second-order valence-corrected chi connectivity index (χ2v) is 2.73. The van der Waals surface area contributed by atoms with Gasteiger partial charge in [-0.05, 0) is 0 Å². The molecule has 0 amide bonds. The Morgan fingerprint density at radius 1 is 1.42 bits per heavy atom. The predicted octanol–water partition coefficient (Wildman–Crippen LogP) is -1.42. The van der Waals surface area contributed by atoms with E-state index in [0.717, 1.165) is 0 Å². The van der Waals surface area contributed by atoms with Crippen LogP contribution in [0.4, 0.5) is 0 Å². The third-order valence-electron chi connectivity index (χ3n) is 1.80. The molecule has 0 aliphatic carbocycles. The molecule has 3 N–H and O–H groups in total. The van der Waals surface area contributed by atoms with E-state index in [1.807, 2.05) is 0 Å². The number of ether oxygens (including phenoxy) is 1. The fraction of sp³-hybridized carbons (Fsp3) is 1.00. The van der Waals surface area contributed by atoms with Crippen molar-refractivity contribution >= 4 is 0 Å². The van der Waals surface area contributed by atoms with Crippen LogP contribution in [0.3, 0.4) is 0 Å². The van der Waals surface area contributed by atoms with Crippen LogP contribution < -0.4 is 0 Å². The van der Waals surface area contributed by atoms with E-state index < -0.39 is 24.6 Å². The van der Waals surface area contributed by atoms with Gasteiger partial charge in [0, 0.05) is 6.42 Å². The molecule has 1 aliphatic heterocycles. The topological polar surface area (TPSA) is 99.4 Å². The molecule has 1 saturated heterocycles. The molecule has 0 aromatic rings. The highest BCUT2D eigenvalue weighted by Crippen LogP contribution is 2.18. The molecule has 4 unspecified atom stereocenters. The van der Waals surface area contributed by atoms with Crippen molar-refractivity contribution in [1.29, 1.82) is 0 Å². The van der Waals surface area contributed by atoms with Crippen LogP contribution in [-0.4, -0.2) is 46.5 Å². The molecule has 0 bridgehead atoms. The van der Waals surface area contributed by atoms with Crippen LogP contribution in [0, 0.1) is 4.91 Å². The summed E-state index contributed by atoms with van der Waals surface area (Å²) in [5.41, 5.74) is 0. The maximum Gasteiger partial charge on any atom is 0.157 e. The van der Waals surface area contributed by atoms with Crippen LogP contribution >= 0.6 is 0 Å². The normalized spacial score (nSPS) is 42.6. The number of rotatable bonds is 2. The zero-order valence-corrected chi connectivity index (χ0v) is 6.33. The quantitative estimate of drug-likeness (QED) is 0.449. The van der Waals surface area contributed by atoms with Crippen LogP contribution in [0.5, 0.6) is 0 Å². The van der Waals surface area contributed by atoms with Crippen molar-refractivity contribution in [2.45, 2.75) is 31.0 Å². The largest absolute Gasteiger partial charge is 0.390 e. The van der Waals surface area contributed by atoms with Gasteiger partial charge in [-0.15, -0.1) is 0 Å². The second kappa shape index (κ2) is 3.90. The van der Waals surface area contributed by atoms with E-state index in [-0.39, 0.29) is 13.0 Å². The minimum absolute atomic E-state index is 0.0451. The van der Waals surface area contributed by atoms with Gasteiger partial charge in [0.25, 0.3) is 0 Å². The van der Waals surface area contributed by atoms with Gasteiger partial charge in [0.1, 0.15) is 18.8 Å². The summed E-state index contributed by atoms with van der Waals surface area (Å²) < 4.78 is 4.76. The maximum atomic E-state index is 9.83. The van der Waals surface area contributed by atoms with Gasteiger partial charge in [-0.2, -0.15) is 4.91 Å². The third kappa shape index (κ3) is 1.98. The molecule has 0 saturated carbocycles. The maximum absolute atomic E-state index is 9.83. The zero-order chi connectivity index (χ0) is 9.14. The number of hydrogen-bond acceptors (Lipinski definition) is 6. The van der Waals surface area contributed by atoms with E-state index in [9.17, 15) is 10.0 Å². The van der Waals surface area contributed by atoms with E-state index in [1.165, 1.54) is 0 Å². The van der Waals surface area contributed by atoms with Crippen molar-refractivity contribution in [2.75, 3.05) is 6.54 Å². The number of aliphatic hydroxyl groups is 3. The highest BCUT2D eigenvalue weighted by molar-refractivity contribution is 4.83. The molecule has 6 heteroatoms. The number of aliphatic hydroxyl groups excluding tert-OH is 3. The van der Waals surface area contributed by atoms with Gasteiger partial charge in [-0.3, -0.25) is 0 Å². The molecular formula is C6H11NO5. The summed E-state index contributed by atoms with van der Waals surface area (Å²) in [5, 5.41) is 29.8. The summed E-state index contributed by atoms with van der Waals surface area (Å²) in [7, 11) is 0. The molecular weight excluding hydrogens is 166 g/mol. The summed E-state index contributed by atoms with van der Waals surface area (Å²) in [4.78, 5) is 9.83. The lowest BCUT2D eigenvalue weighted by Gasteiger charge is -2.33. The van der Waals surface area contributed by atoms with Gasteiger partial charge in [-0.25, -0.2) is 0 Å². The van der Waals surface area contributed by atoms with E-state index in [0.29, 0.717) is 0 Å². The Kier molecular flexibility index (Phi) is 3.10. The van der Waals surface area contributed by atoms with E-state index in [1.54, 1.807) is 0 Å². The molecule has 1 heterocycles. The Morgan fingerprint density at radius 3 is 2.67 bits per heavy atom. The molecule has 0 aromatic carbocycles. The lowest BCUT2D eigenvalue weighted by molar-refractivity contribution is -0.228. The Morgan fingerprint density at radius 2 is 2.08 bits per heavy atom. The lowest BCUT2D eigenvalue weighted by atomic mass is 10.0. The number of nitroso groups, excluding NO2 is 1. The van der Waals surface area contributed by atoms with E-state index in [2.05, 4.69) is 5.18 Å². The van der Waals surface area contributed by atoms with Crippen molar-refractivity contribution in [3.05, 3.63) is 4.91 Å². The first-order valence-corrected chi connectivity index (χ1v) is 3.64. The summed E-state index contributed by atoms with van der Waals surface area (Å²) in [5.74, 6) is 0. The van der Waals surface area contributed by atoms with Crippen LogP contribution in [0.2, 0.25) is 0 Å². The van der Waals surface area contributed by atoms with Crippen molar-refractivity contribution < 1.29 is 20.1 Å². The SMILES string of the molecule is O=NCC1OC(O)CC(O)C1O. The van der Waals surface area contributed by atoms with Crippen LogP contribution in [0.25, 0.3) is 0 Å². The monoisotopic (exact) mass is 177 g/mol. The molecule has 1 rings (SSSR count). The molecule has 0 radical (unpaired) electrons. The molecule has 0 spiro atoms. The third-order valence-corrected chi connectivity index (χ3v) is 1.80. The fourth-order valence-corrected chi connectivity index (χ4v) is 1.16. The van der Waals surface area contributed by atoms with Gasteiger partial charge in [-0.1, -0.05) is 5.18 Å². The van der Waals surface area contributed by atoms with Gasteiger partial charge < -0.3 is 20.1 Å². The summed E-state index contributed by atoms with van der Waals surface area (Å²) >= 11 is 0. The molecule has 0 aromatic heterocycles. The highest BCUT2D eigenvalue weighted by atomic mass is 16.6. The number of nitrogens with zero attached hydrogens (tertiary/aromatic N) is 1. The molecule has 70 valence electrons. The molecule has 6 nitrogen and oxygen atoms in total. The Labute approximate surface area is 68.7 Å². The average molecular weight is 177 g/mol. The zero-order valence-electron chi connectivity index (χ0n) is 6.33. The van der Waals surface area contributed by atoms with Crippen molar-refractivity contribution in [2.24, 2.45) is 5.18 Å². The van der Waals surface area contributed by atoms with Gasteiger partial charge in [0.05, 0.1) is 6.10 Å². The van der Waals surface area contributed by atoms with Crippen LogP contribution in [0.1, 0.15) is 6.42 Å². The van der Waals surface area contributed by atoms with Gasteiger partial charge in [0.2, 0.25) is 0 Å². The predicted molar refractivity (Wildman–Crippen MR) is 38.2 cm³/mol. The standard InChI is InChI=1S/C6H11NO5/c8-3-1-5(9)12-4(2-7-11)6(3)10/h3-6,8-10H,1-2H2. The Bertz CT molecular complexity index is 164. The molecule has 12 heavy (non-hydrogen) atoms.